The summed E-state index contributed by atoms with van der Waals surface area (Å²) in [5, 5.41) is 2.76. The molecule has 2 aliphatic heterocycles. The third kappa shape index (κ3) is 3.62. The smallest absolute Gasteiger partial charge is 0.229 e. The van der Waals surface area contributed by atoms with Gasteiger partial charge in [0.05, 0.1) is 24.8 Å². The largest absolute Gasteiger partial charge is 0.490 e. The van der Waals surface area contributed by atoms with Gasteiger partial charge < -0.3 is 19.7 Å². The van der Waals surface area contributed by atoms with Crippen molar-refractivity contribution >= 4 is 23.2 Å². The Morgan fingerprint density at radius 2 is 1.86 bits per heavy atom. The fourth-order valence-corrected chi connectivity index (χ4v) is 3.30. The number of carbonyl (C=O) groups is 2. The van der Waals surface area contributed by atoms with E-state index in [1.165, 1.54) is 11.0 Å². The average Bonchev–Trinajstić information content (AvgIpc) is 2.89. The van der Waals surface area contributed by atoms with Gasteiger partial charge in [0.15, 0.2) is 11.5 Å². The van der Waals surface area contributed by atoms with Crippen molar-refractivity contribution < 1.29 is 27.8 Å². The Morgan fingerprint density at radius 1 is 1.07 bits per heavy atom. The zero-order valence-corrected chi connectivity index (χ0v) is 14.9. The lowest BCUT2D eigenvalue weighted by atomic mass is 10.1. The molecule has 1 saturated heterocycles. The number of fused-ring (bicyclic) bond motifs is 1. The second kappa shape index (κ2) is 7.46. The highest BCUT2D eigenvalue weighted by molar-refractivity contribution is 6.03. The first-order valence-electron chi connectivity index (χ1n) is 8.97. The fourth-order valence-electron chi connectivity index (χ4n) is 3.30. The molecule has 0 bridgehead atoms. The van der Waals surface area contributed by atoms with Crippen molar-refractivity contribution in [2.75, 3.05) is 30.0 Å². The zero-order chi connectivity index (χ0) is 19.7. The summed E-state index contributed by atoms with van der Waals surface area (Å²) in [5.74, 6) is -1.78. The molecule has 1 N–H and O–H groups in total. The summed E-state index contributed by atoms with van der Waals surface area (Å²) in [4.78, 5) is 26.0. The molecule has 1 fully saturated rings. The third-order valence-electron chi connectivity index (χ3n) is 4.71. The number of ether oxygens (including phenoxy) is 2. The predicted molar refractivity (Wildman–Crippen MR) is 97.5 cm³/mol. The van der Waals surface area contributed by atoms with Gasteiger partial charge in [-0.3, -0.25) is 9.59 Å². The molecule has 0 spiro atoms. The maximum Gasteiger partial charge on any atom is 0.229 e. The Kier molecular flexibility index (Phi) is 4.85. The molecule has 2 heterocycles. The summed E-state index contributed by atoms with van der Waals surface area (Å²) in [7, 11) is 0. The molecular formula is C20H18F2N2O4. The normalized spacial score (nSPS) is 18.7. The number of hydrogen-bond donors (Lipinski definition) is 1. The standard InChI is InChI=1S/C20H18F2N2O4/c21-13-2-4-16(15(22)9-13)24-11-12(8-19(24)25)20(26)23-14-3-5-17-18(10-14)28-7-1-6-27-17/h2-5,9-10,12H,1,6-8,11H2,(H,23,26). The highest BCUT2D eigenvalue weighted by Crippen LogP contribution is 2.33. The van der Waals surface area contributed by atoms with E-state index >= 15 is 0 Å². The number of rotatable bonds is 3. The Labute approximate surface area is 160 Å². The van der Waals surface area contributed by atoms with Gasteiger partial charge in [-0.2, -0.15) is 0 Å². The molecule has 1 atom stereocenters. The summed E-state index contributed by atoms with van der Waals surface area (Å²) < 4.78 is 38.2. The van der Waals surface area contributed by atoms with Crippen molar-refractivity contribution in [3.05, 3.63) is 48.0 Å². The van der Waals surface area contributed by atoms with Crippen molar-refractivity contribution in [3.8, 4) is 11.5 Å². The Morgan fingerprint density at radius 3 is 2.64 bits per heavy atom. The maximum atomic E-state index is 14.0. The van der Waals surface area contributed by atoms with E-state index in [-0.39, 0.29) is 30.5 Å². The molecule has 6 nitrogen and oxygen atoms in total. The first-order valence-corrected chi connectivity index (χ1v) is 8.97. The summed E-state index contributed by atoms with van der Waals surface area (Å²) in [6, 6.07) is 8.08. The van der Waals surface area contributed by atoms with Gasteiger partial charge in [0.25, 0.3) is 0 Å². The molecule has 2 aliphatic rings. The molecule has 0 radical (unpaired) electrons. The van der Waals surface area contributed by atoms with Crippen LogP contribution in [-0.4, -0.2) is 31.6 Å². The van der Waals surface area contributed by atoms with Crippen molar-refractivity contribution in [2.45, 2.75) is 12.8 Å². The first-order chi connectivity index (χ1) is 13.5. The maximum absolute atomic E-state index is 14.0. The van der Waals surface area contributed by atoms with Crippen LogP contribution in [0, 0.1) is 17.6 Å². The van der Waals surface area contributed by atoms with Crippen molar-refractivity contribution in [3.63, 3.8) is 0 Å². The highest BCUT2D eigenvalue weighted by atomic mass is 19.1. The predicted octanol–water partition coefficient (Wildman–Crippen LogP) is 3.12. The van der Waals surface area contributed by atoms with Crippen LogP contribution in [0.2, 0.25) is 0 Å². The molecule has 146 valence electrons. The summed E-state index contributed by atoms with van der Waals surface area (Å²) >= 11 is 0. The van der Waals surface area contributed by atoms with E-state index in [1.54, 1.807) is 18.2 Å². The quantitative estimate of drug-likeness (QED) is 0.877. The molecular weight excluding hydrogens is 370 g/mol. The SMILES string of the molecule is O=C(Nc1ccc2c(c1)OCCCO2)C1CC(=O)N(c2ccc(F)cc2F)C1. The topological polar surface area (TPSA) is 67.9 Å². The van der Waals surface area contributed by atoms with Crippen LogP contribution in [0.15, 0.2) is 36.4 Å². The summed E-state index contributed by atoms with van der Waals surface area (Å²) in [5.41, 5.74) is 0.491. The van der Waals surface area contributed by atoms with Gasteiger partial charge >= 0.3 is 0 Å². The van der Waals surface area contributed by atoms with Crippen LogP contribution in [0.1, 0.15) is 12.8 Å². The average molecular weight is 388 g/mol. The van der Waals surface area contributed by atoms with Crippen LogP contribution >= 0.6 is 0 Å². The summed E-state index contributed by atoms with van der Waals surface area (Å²) in [6.07, 6.45) is 0.726. The van der Waals surface area contributed by atoms with E-state index in [2.05, 4.69) is 5.32 Å². The number of anilines is 2. The van der Waals surface area contributed by atoms with Gasteiger partial charge in [-0.15, -0.1) is 0 Å². The first kappa shape index (κ1) is 18.2. The van der Waals surface area contributed by atoms with E-state index in [4.69, 9.17) is 9.47 Å². The van der Waals surface area contributed by atoms with Gasteiger partial charge in [-0.1, -0.05) is 0 Å². The minimum absolute atomic E-state index is 0.0256. The van der Waals surface area contributed by atoms with Crippen LogP contribution in [0.3, 0.4) is 0 Å². The second-order valence-corrected chi connectivity index (χ2v) is 6.70. The molecule has 0 aromatic heterocycles. The van der Waals surface area contributed by atoms with Gasteiger partial charge in [0.2, 0.25) is 11.8 Å². The number of hydrogen-bond acceptors (Lipinski definition) is 4. The van der Waals surface area contributed by atoms with Crippen molar-refractivity contribution in [1.82, 2.24) is 0 Å². The van der Waals surface area contributed by atoms with Crippen LogP contribution in [0.4, 0.5) is 20.2 Å². The molecule has 2 amide bonds. The van der Waals surface area contributed by atoms with E-state index in [0.29, 0.717) is 36.5 Å². The molecule has 8 heteroatoms. The minimum atomic E-state index is -0.836. The van der Waals surface area contributed by atoms with Gasteiger partial charge in [-0.05, 0) is 24.3 Å². The molecule has 1 unspecified atom stereocenters. The molecule has 0 saturated carbocycles. The third-order valence-corrected chi connectivity index (χ3v) is 4.71. The molecule has 0 aliphatic carbocycles. The number of nitrogens with one attached hydrogen (secondary N) is 1. The molecule has 2 aromatic carbocycles. The zero-order valence-electron chi connectivity index (χ0n) is 14.9. The van der Waals surface area contributed by atoms with E-state index in [0.717, 1.165) is 12.5 Å². The Hall–Kier alpha value is -3.16. The van der Waals surface area contributed by atoms with Gasteiger partial charge in [-0.25, -0.2) is 8.78 Å². The second-order valence-electron chi connectivity index (χ2n) is 6.70. The van der Waals surface area contributed by atoms with Crippen molar-refractivity contribution in [2.24, 2.45) is 5.92 Å². The number of carbonyl (C=O) groups excluding carboxylic acids is 2. The molecule has 4 rings (SSSR count). The summed E-state index contributed by atoms with van der Waals surface area (Å²) in [6.45, 7) is 1.12. The van der Waals surface area contributed by atoms with Crippen molar-refractivity contribution in [1.29, 1.82) is 0 Å². The van der Waals surface area contributed by atoms with E-state index in [1.807, 2.05) is 0 Å². The van der Waals surface area contributed by atoms with Crippen LogP contribution in [0.25, 0.3) is 0 Å². The lowest BCUT2D eigenvalue weighted by Crippen LogP contribution is -2.28. The minimum Gasteiger partial charge on any atom is -0.490 e. The number of amides is 2. The highest BCUT2D eigenvalue weighted by Gasteiger charge is 2.36. The van der Waals surface area contributed by atoms with E-state index < -0.39 is 17.6 Å². The van der Waals surface area contributed by atoms with Gasteiger partial charge in [0.1, 0.15) is 11.6 Å². The number of benzene rings is 2. The lowest BCUT2D eigenvalue weighted by Gasteiger charge is -2.17. The van der Waals surface area contributed by atoms with Gasteiger partial charge in [0, 0.05) is 37.2 Å². The fraction of sp³-hybridized carbons (Fsp3) is 0.300. The molecule has 28 heavy (non-hydrogen) atoms. The lowest BCUT2D eigenvalue weighted by molar-refractivity contribution is -0.122. The van der Waals surface area contributed by atoms with Crippen LogP contribution in [-0.2, 0) is 9.59 Å². The van der Waals surface area contributed by atoms with Crippen LogP contribution < -0.4 is 19.7 Å². The monoisotopic (exact) mass is 388 g/mol. The number of halogens is 2. The molecule has 2 aromatic rings. The Balaban J connectivity index is 1.46. The van der Waals surface area contributed by atoms with Crippen LogP contribution in [0.5, 0.6) is 11.5 Å². The van der Waals surface area contributed by atoms with E-state index in [9.17, 15) is 18.4 Å². The Bertz CT molecular complexity index is 934. The number of nitrogens with zero attached hydrogens (tertiary/aromatic N) is 1.